The van der Waals surface area contributed by atoms with E-state index < -0.39 is 9.84 Å². The fourth-order valence-corrected chi connectivity index (χ4v) is 3.74. The Morgan fingerprint density at radius 2 is 2.06 bits per heavy atom. The predicted octanol–water partition coefficient (Wildman–Crippen LogP) is 2.50. The summed E-state index contributed by atoms with van der Waals surface area (Å²) >= 11 is 5.91. The molecule has 5 heteroatoms. The van der Waals surface area contributed by atoms with Crippen molar-refractivity contribution in [1.82, 2.24) is 5.32 Å². The SMILES string of the molecule is CC(NCCS(=O)(=O)c1ccccc1Cl)C1CC1. The highest BCUT2D eigenvalue weighted by Gasteiger charge is 2.27. The van der Waals surface area contributed by atoms with Gasteiger partial charge in [0.15, 0.2) is 9.84 Å². The summed E-state index contributed by atoms with van der Waals surface area (Å²) < 4.78 is 24.2. The van der Waals surface area contributed by atoms with Crippen LogP contribution < -0.4 is 5.32 Å². The second kappa shape index (κ2) is 5.59. The maximum absolute atomic E-state index is 12.1. The second-order valence-corrected chi connectivity index (χ2v) is 7.31. The van der Waals surface area contributed by atoms with Crippen LogP contribution in [0.25, 0.3) is 0 Å². The Hall–Kier alpha value is -0.580. The van der Waals surface area contributed by atoms with E-state index in [1.807, 2.05) is 0 Å². The van der Waals surface area contributed by atoms with Crippen LogP contribution >= 0.6 is 11.6 Å². The molecule has 1 aliphatic carbocycles. The number of halogens is 1. The number of hydrogen-bond donors (Lipinski definition) is 1. The Balaban J connectivity index is 1.93. The molecule has 1 saturated carbocycles. The smallest absolute Gasteiger partial charge is 0.181 e. The van der Waals surface area contributed by atoms with Crippen LogP contribution in [0.2, 0.25) is 5.02 Å². The van der Waals surface area contributed by atoms with Crippen molar-refractivity contribution in [2.45, 2.75) is 30.7 Å². The average Bonchev–Trinajstić information content (AvgIpc) is 3.12. The molecule has 18 heavy (non-hydrogen) atoms. The third-order valence-corrected chi connectivity index (χ3v) is 5.55. The van der Waals surface area contributed by atoms with Crippen molar-refractivity contribution in [3.63, 3.8) is 0 Å². The lowest BCUT2D eigenvalue weighted by Crippen LogP contribution is -2.32. The molecule has 1 N–H and O–H groups in total. The summed E-state index contributed by atoms with van der Waals surface area (Å²) in [5, 5.41) is 3.57. The number of sulfone groups is 1. The van der Waals surface area contributed by atoms with Crippen LogP contribution in [0.4, 0.5) is 0 Å². The van der Waals surface area contributed by atoms with Crippen LogP contribution in [0, 0.1) is 5.92 Å². The fraction of sp³-hybridized carbons (Fsp3) is 0.538. The molecule has 0 heterocycles. The minimum absolute atomic E-state index is 0.0911. The van der Waals surface area contributed by atoms with Gasteiger partial charge in [-0.05, 0) is 37.8 Å². The lowest BCUT2D eigenvalue weighted by Gasteiger charge is -2.13. The lowest BCUT2D eigenvalue weighted by molar-refractivity contribution is 0.509. The van der Waals surface area contributed by atoms with E-state index in [1.54, 1.807) is 24.3 Å². The molecule has 0 saturated heterocycles. The summed E-state index contributed by atoms with van der Waals surface area (Å²) in [6.45, 7) is 2.59. The van der Waals surface area contributed by atoms with Crippen molar-refractivity contribution in [2.75, 3.05) is 12.3 Å². The van der Waals surface area contributed by atoms with Gasteiger partial charge in [-0.1, -0.05) is 23.7 Å². The molecule has 1 unspecified atom stereocenters. The third-order valence-electron chi connectivity index (χ3n) is 3.34. The first-order chi connectivity index (χ1) is 8.50. The number of benzene rings is 1. The molecule has 0 aliphatic heterocycles. The Morgan fingerprint density at radius 3 is 2.67 bits per heavy atom. The standard InChI is InChI=1S/C13H18ClNO2S/c1-10(11-6-7-11)15-8-9-18(16,17)13-5-3-2-4-12(13)14/h2-5,10-11,15H,6-9H2,1H3. The van der Waals surface area contributed by atoms with Crippen molar-refractivity contribution in [1.29, 1.82) is 0 Å². The molecule has 1 aromatic rings. The monoisotopic (exact) mass is 287 g/mol. The normalized spacial score (nSPS) is 17.7. The maximum atomic E-state index is 12.1. The van der Waals surface area contributed by atoms with E-state index in [0.717, 1.165) is 5.92 Å². The molecular formula is C13H18ClNO2S. The van der Waals surface area contributed by atoms with Crippen LogP contribution in [0.3, 0.4) is 0 Å². The highest BCUT2D eigenvalue weighted by atomic mass is 35.5. The first kappa shape index (κ1) is 13.8. The van der Waals surface area contributed by atoms with E-state index in [1.165, 1.54) is 12.8 Å². The number of hydrogen-bond acceptors (Lipinski definition) is 3. The summed E-state index contributed by atoms with van der Waals surface area (Å²) in [6.07, 6.45) is 2.51. The maximum Gasteiger partial charge on any atom is 0.181 e. The van der Waals surface area contributed by atoms with Crippen LogP contribution in [-0.2, 0) is 9.84 Å². The van der Waals surface area contributed by atoms with Crippen LogP contribution in [0.1, 0.15) is 19.8 Å². The molecule has 0 spiro atoms. The van der Waals surface area contributed by atoms with Gasteiger partial charge >= 0.3 is 0 Å². The molecule has 1 atom stereocenters. The molecular weight excluding hydrogens is 270 g/mol. The van der Waals surface area contributed by atoms with Crippen molar-refractivity contribution >= 4 is 21.4 Å². The van der Waals surface area contributed by atoms with E-state index in [0.29, 0.717) is 17.6 Å². The topological polar surface area (TPSA) is 46.2 Å². The Labute approximate surface area is 113 Å². The summed E-state index contributed by atoms with van der Waals surface area (Å²) in [5.74, 6) is 0.821. The van der Waals surface area contributed by atoms with Crippen molar-refractivity contribution in [2.24, 2.45) is 5.92 Å². The average molecular weight is 288 g/mol. The fourth-order valence-electron chi connectivity index (χ4n) is 1.99. The minimum atomic E-state index is -3.29. The van der Waals surface area contributed by atoms with Crippen LogP contribution in [-0.4, -0.2) is 26.8 Å². The minimum Gasteiger partial charge on any atom is -0.313 e. The summed E-state index contributed by atoms with van der Waals surface area (Å²) in [7, 11) is -3.29. The summed E-state index contributed by atoms with van der Waals surface area (Å²) in [6, 6.07) is 7.00. The van der Waals surface area contributed by atoms with Gasteiger partial charge in [-0.15, -0.1) is 0 Å². The van der Waals surface area contributed by atoms with Gasteiger partial charge in [-0.25, -0.2) is 8.42 Å². The van der Waals surface area contributed by atoms with Crippen molar-refractivity contribution in [3.8, 4) is 0 Å². The molecule has 100 valence electrons. The van der Waals surface area contributed by atoms with E-state index in [4.69, 9.17) is 11.6 Å². The van der Waals surface area contributed by atoms with Crippen LogP contribution in [0.5, 0.6) is 0 Å². The molecule has 3 nitrogen and oxygen atoms in total. The molecule has 0 radical (unpaired) electrons. The Morgan fingerprint density at radius 1 is 1.39 bits per heavy atom. The van der Waals surface area contributed by atoms with Crippen molar-refractivity contribution in [3.05, 3.63) is 29.3 Å². The van der Waals surface area contributed by atoms with E-state index in [9.17, 15) is 8.42 Å². The van der Waals surface area contributed by atoms with Crippen LogP contribution in [0.15, 0.2) is 29.2 Å². The van der Waals surface area contributed by atoms with Gasteiger partial charge in [0.05, 0.1) is 15.7 Å². The molecule has 1 aromatic carbocycles. The Bertz CT molecular complexity index is 511. The molecule has 0 aromatic heterocycles. The van der Waals surface area contributed by atoms with Gasteiger partial charge < -0.3 is 5.32 Å². The van der Waals surface area contributed by atoms with Gasteiger partial charge in [0.1, 0.15) is 0 Å². The van der Waals surface area contributed by atoms with E-state index in [-0.39, 0.29) is 10.6 Å². The highest BCUT2D eigenvalue weighted by Crippen LogP contribution is 2.32. The van der Waals surface area contributed by atoms with E-state index in [2.05, 4.69) is 12.2 Å². The van der Waals surface area contributed by atoms with Gasteiger partial charge in [-0.2, -0.15) is 0 Å². The first-order valence-corrected chi connectivity index (χ1v) is 8.24. The van der Waals surface area contributed by atoms with Crippen molar-refractivity contribution < 1.29 is 8.42 Å². The molecule has 2 rings (SSSR count). The quantitative estimate of drug-likeness (QED) is 0.874. The zero-order chi connectivity index (χ0) is 13.2. The zero-order valence-corrected chi connectivity index (χ0v) is 12.0. The van der Waals surface area contributed by atoms with Gasteiger partial charge in [0, 0.05) is 12.6 Å². The molecule has 1 fully saturated rings. The predicted molar refractivity (Wildman–Crippen MR) is 73.7 cm³/mol. The summed E-state index contributed by atoms with van der Waals surface area (Å²) in [5.41, 5.74) is 0. The Kier molecular flexibility index (Phi) is 4.30. The van der Waals surface area contributed by atoms with Gasteiger partial charge in [-0.3, -0.25) is 0 Å². The molecule has 0 bridgehead atoms. The lowest BCUT2D eigenvalue weighted by atomic mass is 10.2. The van der Waals surface area contributed by atoms with Gasteiger partial charge in [0.25, 0.3) is 0 Å². The molecule has 1 aliphatic rings. The second-order valence-electron chi connectivity index (χ2n) is 4.83. The summed E-state index contributed by atoms with van der Waals surface area (Å²) in [4.78, 5) is 0.229. The number of rotatable bonds is 6. The zero-order valence-electron chi connectivity index (χ0n) is 10.4. The number of nitrogens with one attached hydrogen (secondary N) is 1. The van der Waals surface area contributed by atoms with Gasteiger partial charge in [0.2, 0.25) is 0 Å². The first-order valence-electron chi connectivity index (χ1n) is 6.21. The third kappa shape index (κ3) is 3.46. The largest absolute Gasteiger partial charge is 0.313 e. The highest BCUT2D eigenvalue weighted by molar-refractivity contribution is 7.91. The van der Waals surface area contributed by atoms with E-state index >= 15 is 0 Å². The molecule has 0 amide bonds.